The lowest BCUT2D eigenvalue weighted by Gasteiger charge is -2.57. The molecule has 0 unspecified atom stereocenters. The number of esters is 2. The Hall–Kier alpha value is -2.10. The summed E-state index contributed by atoms with van der Waals surface area (Å²) in [4.78, 5) is 24.2. The first kappa shape index (κ1) is 21.7. The van der Waals surface area contributed by atoms with E-state index >= 15 is 0 Å². The highest BCUT2D eigenvalue weighted by Gasteiger charge is 2.59. The predicted molar refractivity (Wildman–Crippen MR) is 123 cm³/mol. The third-order valence-corrected chi connectivity index (χ3v) is 9.56. The van der Waals surface area contributed by atoms with Crippen LogP contribution in [0.4, 0.5) is 0 Å². The Labute approximate surface area is 191 Å². The van der Waals surface area contributed by atoms with Gasteiger partial charge in [-0.15, -0.1) is 0 Å². The molecule has 32 heavy (non-hydrogen) atoms. The van der Waals surface area contributed by atoms with Crippen molar-refractivity contribution in [1.82, 2.24) is 0 Å². The van der Waals surface area contributed by atoms with Crippen LogP contribution >= 0.6 is 0 Å². The van der Waals surface area contributed by atoms with Crippen LogP contribution in [-0.2, 0) is 14.3 Å². The molecule has 5 rings (SSSR count). The van der Waals surface area contributed by atoms with E-state index in [2.05, 4.69) is 19.9 Å². The molecule has 0 bridgehead atoms. The maximum absolute atomic E-state index is 12.8. The number of carbonyl (C=O) groups excluding carboxylic acids is 2. The van der Waals surface area contributed by atoms with Crippen LogP contribution in [-0.4, -0.2) is 24.1 Å². The minimum Gasteiger partial charge on any atom is -0.462 e. The van der Waals surface area contributed by atoms with Gasteiger partial charge in [-0.3, -0.25) is 4.79 Å². The number of benzene rings is 1. The average molecular weight is 437 g/mol. The molecule has 0 amide bonds. The van der Waals surface area contributed by atoms with Gasteiger partial charge in [0.2, 0.25) is 0 Å². The third-order valence-electron chi connectivity index (χ3n) is 9.56. The van der Waals surface area contributed by atoms with Crippen LogP contribution in [0.2, 0.25) is 0 Å². The van der Waals surface area contributed by atoms with E-state index in [1.807, 2.05) is 30.3 Å². The van der Waals surface area contributed by atoms with E-state index < -0.39 is 0 Å². The Kier molecular flexibility index (Phi) is 5.46. The molecule has 3 saturated carbocycles. The molecule has 172 valence electrons. The largest absolute Gasteiger partial charge is 0.462 e. The van der Waals surface area contributed by atoms with Crippen LogP contribution in [0.5, 0.6) is 0 Å². The molecule has 4 nitrogen and oxygen atoms in total. The second kappa shape index (κ2) is 8.04. The molecule has 0 N–H and O–H groups in total. The van der Waals surface area contributed by atoms with Gasteiger partial charge >= 0.3 is 11.9 Å². The van der Waals surface area contributed by atoms with Gasteiger partial charge in [0, 0.05) is 18.8 Å². The molecule has 0 heterocycles. The smallest absolute Gasteiger partial charge is 0.338 e. The molecule has 0 saturated heterocycles. The molecule has 1 aromatic rings. The maximum atomic E-state index is 12.8. The summed E-state index contributed by atoms with van der Waals surface area (Å²) in [5.74, 6) is 1.61. The molecule has 0 spiro atoms. The number of hydrogen-bond acceptors (Lipinski definition) is 4. The van der Waals surface area contributed by atoms with Crippen molar-refractivity contribution < 1.29 is 19.1 Å². The summed E-state index contributed by atoms with van der Waals surface area (Å²) in [5, 5.41) is 0. The molecule has 7 atom stereocenters. The van der Waals surface area contributed by atoms with Crippen molar-refractivity contribution in [3.05, 3.63) is 47.5 Å². The van der Waals surface area contributed by atoms with Crippen molar-refractivity contribution in [2.45, 2.75) is 84.3 Å². The first-order chi connectivity index (χ1) is 15.3. The summed E-state index contributed by atoms with van der Waals surface area (Å²) in [5.41, 5.74) is 2.46. The van der Waals surface area contributed by atoms with Crippen molar-refractivity contribution in [3.8, 4) is 0 Å². The minimum absolute atomic E-state index is 0.0130. The standard InChI is InChI=1S/C28H36O4/c1-18(29)31-21-13-15-27(2)20(17-21)9-10-22-23-11-12-25(28(23,3)16-14-24(22)27)32-26(30)19-7-5-4-6-8-19/h4-9,21-25H,10-17H2,1-3H3/t21-,22-,23-,24-,25-,27-,28-/m0/s1. The highest BCUT2D eigenvalue weighted by Crippen LogP contribution is 2.65. The number of carbonyl (C=O) groups is 2. The zero-order chi connectivity index (χ0) is 22.5. The minimum atomic E-state index is -0.179. The summed E-state index contributed by atoms with van der Waals surface area (Å²) < 4.78 is 11.7. The van der Waals surface area contributed by atoms with E-state index in [0.29, 0.717) is 23.3 Å². The van der Waals surface area contributed by atoms with Crippen LogP contribution in [0.25, 0.3) is 0 Å². The quantitative estimate of drug-likeness (QED) is 0.424. The highest BCUT2D eigenvalue weighted by atomic mass is 16.5. The lowest BCUT2D eigenvalue weighted by atomic mass is 9.48. The van der Waals surface area contributed by atoms with E-state index in [9.17, 15) is 9.59 Å². The zero-order valence-electron chi connectivity index (χ0n) is 19.6. The van der Waals surface area contributed by atoms with Crippen molar-refractivity contribution in [1.29, 1.82) is 0 Å². The first-order valence-electron chi connectivity index (χ1n) is 12.4. The molecule has 0 aromatic heterocycles. The second-order valence-electron chi connectivity index (χ2n) is 11.1. The zero-order valence-corrected chi connectivity index (χ0v) is 19.6. The molecule has 3 fully saturated rings. The van der Waals surface area contributed by atoms with Crippen LogP contribution in [0.15, 0.2) is 42.0 Å². The van der Waals surface area contributed by atoms with Gasteiger partial charge in [-0.1, -0.05) is 43.7 Å². The Bertz CT molecular complexity index is 921. The summed E-state index contributed by atoms with van der Waals surface area (Å²) in [6, 6.07) is 9.40. The Morgan fingerprint density at radius 2 is 1.72 bits per heavy atom. The molecule has 4 aliphatic carbocycles. The van der Waals surface area contributed by atoms with Gasteiger partial charge < -0.3 is 9.47 Å². The van der Waals surface area contributed by atoms with Crippen molar-refractivity contribution in [2.75, 3.05) is 0 Å². The van der Waals surface area contributed by atoms with E-state index in [1.54, 1.807) is 0 Å². The van der Waals surface area contributed by atoms with E-state index in [0.717, 1.165) is 44.9 Å². The number of ether oxygens (including phenoxy) is 2. The van der Waals surface area contributed by atoms with Gasteiger partial charge in [0.25, 0.3) is 0 Å². The number of fused-ring (bicyclic) bond motifs is 5. The number of allylic oxidation sites excluding steroid dienone is 1. The molecular weight excluding hydrogens is 400 g/mol. The van der Waals surface area contributed by atoms with Gasteiger partial charge in [0.1, 0.15) is 12.2 Å². The monoisotopic (exact) mass is 436 g/mol. The van der Waals surface area contributed by atoms with Crippen molar-refractivity contribution >= 4 is 11.9 Å². The Morgan fingerprint density at radius 1 is 0.938 bits per heavy atom. The van der Waals surface area contributed by atoms with Crippen LogP contribution in [0, 0.1) is 28.6 Å². The van der Waals surface area contributed by atoms with E-state index in [4.69, 9.17) is 9.47 Å². The highest BCUT2D eigenvalue weighted by molar-refractivity contribution is 5.89. The molecule has 4 aliphatic rings. The summed E-state index contributed by atoms with van der Waals surface area (Å²) in [6.45, 7) is 6.36. The number of hydrogen-bond donors (Lipinski definition) is 0. The van der Waals surface area contributed by atoms with Gasteiger partial charge in [0.15, 0.2) is 0 Å². The third kappa shape index (κ3) is 3.50. The fourth-order valence-corrected chi connectivity index (χ4v) is 7.88. The second-order valence-corrected chi connectivity index (χ2v) is 11.1. The Balaban J connectivity index is 1.33. The van der Waals surface area contributed by atoms with Gasteiger partial charge in [0.05, 0.1) is 5.56 Å². The topological polar surface area (TPSA) is 52.6 Å². The molecule has 4 heteroatoms. The van der Waals surface area contributed by atoms with Crippen molar-refractivity contribution in [3.63, 3.8) is 0 Å². The summed E-state index contributed by atoms with van der Waals surface area (Å²) >= 11 is 0. The van der Waals surface area contributed by atoms with Crippen LogP contribution < -0.4 is 0 Å². The first-order valence-corrected chi connectivity index (χ1v) is 12.4. The Morgan fingerprint density at radius 3 is 2.47 bits per heavy atom. The normalized spacial score (nSPS) is 40.3. The fourth-order valence-electron chi connectivity index (χ4n) is 7.88. The lowest BCUT2D eigenvalue weighted by Crippen LogP contribution is -2.51. The van der Waals surface area contributed by atoms with E-state index in [1.165, 1.54) is 18.9 Å². The fraction of sp³-hybridized carbons (Fsp3) is 0.643. The summed E-state index contributed by atoms with van der Waals surface area (Å²) in [6.07, 6.45) is 11.1. The number of rotatable bonds is 3. The van der Waals surface area contributed by atoms with Gasteiger partial charge in [-0.25, -0.2) is 4.79 Å². The molecule has 1 aromatic carbocycles. The molecule has 0 radical (unpaired) electrons. The lowest BCUT2D eigenvalue weighted by molar-refractivity contribution is -0.148. The molecule has 0 aliphatic heterocycles. The molecular formula is C28H36O4. The van der Waals surface area contributed by atoms with E-state index in [-0.39, 0.29) is 35.0 Å². The summed E-state index contributed by atoms with van der Waals surface area (Å²) in [7, 11) is 0. The van der Waals surface area contributed by atoms with Crippen LogP contribution in [0.3, 0.4) is 0 Å². The predicted octanol–water partition coefficient (Wildman–Crippen LogP) is 6.11. The van der Waals surface area contributed by atoms with Gasteiger partial charge in [-0.05, 0) is 80.2 Å². The SMILES string of the molecule is CC(=O)O[C@H]1CC[C@@]2(C)C(=CC[C@H]3[C@@H]4CC[C@H](OC(=O)c5ccccc5)[C@@]4(C)CC[C@@H]32)C1. The average Bonchev–Trinajstić information content (AvgIpc) is 3.10. The maximum Gasteiger partial charge on any atom is 0.338 e. The van der Waals surface area contributed by atoms with Crippen LogP contribution in [0.1, 0.15) is 82.5 Å². The van der Waals surface area contributed by atoms with Gasteiger partial charge in [-0.2, -0.15) is 0 Å². The van der Waals surface area contributed by atoms with Crippen molar-refractivity contribution in [2.24, 2.45) is 28.6 Å².